The minimum atomic E-state index is 0.115. The van der Waals surface area contributed by atoms with Gasteiger partial charge in [-0.1, -0.05) is 19.9 Å². The molecule has 0 radical (unpaired) electrons. The second-order valence-corrected chi connectivity index (χ2v) is 5.15. The van der Waals surface area contributed by atoms with E-state index in [2.05, 4.69) is 37.4 Å². The molecule has 1 N–H and O–H groups in total. The van der Waals surface area contributed by atoms with Gasteiger partial charge in [0.25, 0.3) is 0 Å². The molecule has 3 heteroatoms. The number of carbonyl (C=O) groups excluding carboxylic acids is 1. The average molecular weight is 232 g/mol. The van der Waals surface area contributed by atoms with E-state index >= 15 is 0 Å². The molecule has 0 spiro atoms. The van der Waals surface area contributed by atoms with Gasteiger partial charge >= 0.3 is 0 Å². The van der Waals surface area contributed by atoms with Gasteiger partial charge in [0, 0.05) is 19.5 Å². The van der Waals surface area contributed by atoms with E-state index in [0.29, 0.717) is 12.0 Å². The smallest absolute Gasteiger partial charge is 0.223 e. The van der Waals surface area contributed by atoms with Crippen LogP contribution in [0.15, 0.2) is 18.2 Å². The third-order valence-electron chi connectivity index (χ3n) is 3.35. The highest BCUT2D eigenvalue weighted by molar-refractivity contribution is 5.96. The summed E-state index contributed by atoms with van der Waals surface area (Å²) < 4.78 is 0. The zero-order valence-electron chi connectivity index (χ0n) is 10.9. The molecular weight excluding hydrogens is 212 g/mol. The number of rotatable bonds is 1. The van der Waals surface area contributed by atoms with E-state index < -0.39 is 0 Å². The van der Waals surface area contributed by atoms with Crippen molar-refractivity contribution in [2.45, 2.75) is 33.7 Å². The standard InChI is InChI=1S/C14H20N2O/c1-9(2)13-8-16(11(4)17)14-7-10(3)5-6-12(14)15-13/h5-7,9,13,15H,8H2,1-4H3. The molecule has 1 atom stereocenters. The summed E-state index contributed by atoms with van der Waals surface area (Å²) in [5.41, 5.74) is 3.25. The van der Waals surface area contributed by atoms with Crippen LogP contribution in [0, 0.1) is 12.8 Å². The summed E-state index contributed by atoms with van der Waals surface area (Å²) in [6.45, 7) is 8.79. The van der Waals surface area contributed by atoms with Crippen LogP contribution in [0.4, 0.5) is 11.4 Å². The molecule has 1 heterocycles. The highest BCUT2D eigenvalue weighted by atomic mass is 16.2. The molecule has 3 nitrogen and oxygen atoms in total. The Morgan fingerprint density at radius 1 is 1.47 bits per heavy atom. The molecule has 0 saturated carbocycles. The molecule has 0 fully saturated rings. The summed E-state index contributed by atoms with van der Waals surface area (Å²) in [7, 11) is 0. The number of carbonyl (C=O) groups is 1. The van der Waals surface area contributed by atoms with E-state index in [1.165, 1.54) is 5.56 Å². The first-order valence-corrected chi connectivity index (χ1v) is 6.14. The molecule has 2 rings (SSSR count). The topological polar surface area (TPSA) is 32.3 Å². The number of aryl methyl sites for hydroxylation is 1. The van der Waals surface area contributed by atoms with Crippen molar-refractivity contribution in [3.63, 3.8) is 0 Å². The Hall–Kier alpha value is -1.51. The third-order valence-corrected chi connectivity index (χ3v) is 3.35. The fourth-order valence-corrected chi connectivity index (χ4v) is 2.20. The van der Waals surface area contributed by atoms with E-state index in [9.17, 15) is 4.79 Å². The number of hydrogen-bond acceptors (Lipinski definition) is 2. The van der Waals surface area contributed by atoms with Crippen molar-refractivity contribution < 1.29 is 4.79 Å². The van der Waals surface area contributed by atoms with E-state index in [4.69, 9.17) is 0 Å². The van der Waals surface area contributed by atoms with Crippen LogP contribution in [-0.2, 0) is 4.79 Å². The molecule has 0 saturated heterocycles. The fraction of sp³-hybridized carbons (Fsp3) is 0.500. The van der Waals surface area contributed by atoms with Crippen LogP contribution >= 0.6 is 0 Å². The van der Waals surface area contributed by atoms with Gasteiger partial charge in [0.2, 0.25) is 5.91 Å². The van der Waals surface area contributed by atoms with Gasteiger partial charge in [-0.15, -0.1) is 0 Å². The Morgan fingerprint density at radius 3 is 2.76 bits per heavy atom. The van der Waals surface area contributed by atoms with Gasteiger partial charge in [-0.05, 0) is 30.5 Å². The average Bonchev–Trinajstić information content (AvgIpc) is 2.27. The minimum absolute atomic E-state index is 0.115. The maximum Gasteiger partial charge on any atom is 0.223 e. The number of nitrogens with zero attached hydrogens (tertiary/aromatic N) is 1. The summed E-state index contributed by atoms with van der Waals surface area (Å²) in [6, 6.07) is 6.54. The van der Waals surface area contributed by atoms with Gasteiger partial charge in [-0.25, -0.2) is 0 Å². The quantitative estimate of drug-likeness (QED) is 0.807. The predicted molar refractivity (Wildman–Crippen MR) is 71.5 cm³/mol. The van der Waals surface area contributed by atoms with Crippen LogP contribution in [0.5, 0.6) is 0 Å². The van der Waals surface area contributed by atoms with Crippen molar-refractivity contribution >= 4 is 17.3 Å². The Bertz CT molecular complexity index is 440. The Kier molecular flexibility index (Phi) is 3.09. The molecule has 1 aliphatic rings. The maximum absolute atomic E-state index is 11.7. The lowest BCUT2D eigenvalue weighted by Gasteiger charge is -2.37. The molecule has 17 heavy (non-hydrogen) atoms. The lowest BCUT2D eigenvalue weighted by molar-refractivity contribution is -0.116. The van der Waals surface area contributed by atoms with Gasteiger partial charge in [-0.3, -0.25) is 4.79 Å². The molecule has 1 unspecified atom stereocenters. The molecule has 1 aromatic carbocycles. The van der Waals surface area contributed by atoms with Crippen LogP contribution in [0.25, 0.3) is 0 Å². The Balaban J connectivity index is 2.42. The first kappa shape index (κ1) is 12.0. The van der Waals surface area contributed by atoms with Crippen molar-refractivity contribution in [3.05, 3.63) is 23.8 Å². The molecule has 92 valence electrons. The zero-order chi connectivity index (χ0) is 12.6. The second-order valence-electron chi connectivity index (χ2n) is 5.15. The van der Waals surface area contributed by atoms with E-state index in [1.54, 1.807) is 6.92 Å². The number of anilines is 2. The summed E-state index contributed by atoms with van der Waals surface area (Å²) in [5.74, 6) is 0.621. The van der Waals surface area contributed by atoms with Crippen LogP contribution in [-0.4, -0.2) is 18.5 Å². The highest BCUT2D eigenvalue weighted by Crippen LogP contribution is 2.33. The second kappa shape index (κ2) is 4.40. The number of amides is 1. The Morgan fingerprint density at radius 2 is 2.18 bits per heavy atom. The van der Waals surface area contributed by atoms with Crippen LogP contribution in [0.1, 0.15) is 26.3 Å². The van der Waals surface area contributed by atoms with Gasteiger partial charge in [0.05, 0.1) is 11.4 Å². The van der Waals surface area contributed by atoms with Crippen LogP contribution < -0.4 is 10.2 Å². The number of nitrogens with one attached hydrogen (secondary N) is 1. The van der Waals surface area contributed by atoms with Crippen molar-refractivity contribution in [1.82, 2.24) is 0 Å². The SMILES string of the molecule is CC(=O)N1CC(C(C)C)Nc2ccc(C)cc21. The van der Waals surface area contributed by atoms with Gasteiger partial charge in [0.15, 0.2) is 0 Å². The highest BCUT2D eigenvalue weighted by Gasteiger charge is 2.27. The molecular formula is C14H20N2O. The third kappa shape index (κ3) is 2.28. The summed E-state index contributed by atoms with van der Waals surface area (Å²) in [5, 5.41) is 3.51. The van der Waals surface area contributed by atoms with Gasteiger partial charge < -0.3 is 10.2 Å². The minimum Gasteiger partial charge on any atom is -0.379 e. The maximum atomic E-state index is 11.7. The number of benzene rings is 1. The largest absolute Gasteiger partial charge is 0.379 e. The Labute approximate surface area is 103 Å². The molecule has 0 aromatic heterocycles. The fourth-order valence-electron chi connectivity index (χ4n) is 2.20. The van der Waals surface area contributed by atoms with Crippen LogP contribution in [0.3, 0.4) is 0 Å². The molecule has 1 aliphatic heterocycles. The van der Waals surface area contributed by atoms with Gasteiger partial charge in [0.1, 0.15) is 0 Å². The lowest BCUT2D eigenvalue weighted by atomic mass is 9.99. The summed E-state index contributed by atoms with van der Waals surface area (Å²) in [4.78, 5) is 13.6. The van der Waals surface area contributed by atoms with Crippen molar-refractivity contribution in [2.75, 3.05) is 16.8 Å². The van der Waals surface area contributed by atoms with Crippen molar-refractivity contribution in [3.8, 4) is 0 Å². The zero-order valence-corrected chi connectivity index (χ0v) is 10.9. The summed E-state index contributed by atoms with van der Waals surface area (Å²) >= 11 is 0. The van der Waals surface area contributed by atoms with Crippen molar-refractivity contribution in [2.24, 2.45) is 5.92 Å². The van der Waals surface area contributed by atoms with Crippen molar-refractivity contribution in [1.29, 1.82) is 0 Å². The molecule has 1 amide bonds. The van der Waals surface area contributed by atoms with Gasteiger partial charge in [-0.2, -0.15) is 0 Å². The molecule has 0 bridgehead atoms. The number of fused-ring (bicyclic) bond motifs is 1. The molecule has 1 aromatic rings. The first-order chi connectivity index (χ1) is 7.99. The lowest BCUT2D eigenvalue weighted by Crippen LogP contribution is -2.46. The normalized spacial score (nSPS) is 18.9. The molecule has 0 aliphatic carbocycles. The predicted octanol–water partition coefficient (Wildman–Crippen LogP) is 2.80. The van der Waals surface area contributed by atoms with E-state index in [0.717, 1.165) is 17.9 Å². The van der Waals surface area contributed by atoms with E-state index in [-0.39, 0.29) is 5.91 Å². The number of hydrogen-bond donors (Lipinski definition) is 1. The first-order valence-electron chi connectivity index (χ1n) is 6.14. The summed E-state index contributed by atoms with van der Waals surface area (Å²) in [6.07, 6.45) is 0. The van der Waals surface area contributed by atoms with E-state index in [1.807, 2.05) is 11.8 Å². The monoisotopic (exact) mass is 232 g/mol. The van der Waals surface area contributed by atoms with Crippen LogP contribution in [0.2, 0.25) is 0 Å².